The molecule has 4 rings (SSSR count). The molecule has 1 heterocycles. The third kappa shape index (κ3) is 2.00. The standard InChI is InChI=1S/C19H20O5/c1-21-12-5-15(20)13-9-19(10-24-16(13)6-12)8-11-4-17(22-2)18(23-3)7-14(11)19/h4-7,20H,8-10H2,1-3H3. The van der Waals surface area contributed by atoms with Gasteiger partial charge in [0.15, 0.2) is 11.5 Å². The van der Waals surface area contributed by atoms with Gasteiger partial charge in [0.1, 0.15) is 17.2 Å². The van der Waals surface area contributed by atoms with Crippen molar-refractivity contribution in [1.82, 2.24) is 0 Å². The van der Waals surface area contributed by atoms with Gasteiger partial charge >= 0.3 is 0 Å². The second-order valence-electron chi connectivity index (χ2n) is 6.41. The van der Waals surface area contributed by atoms with Crippen molar-refractivity contribution in [2.24, 2.45) is 0 Å². The molecule has 1 N–H and O–H groups in total. The van der Waals surface area contributed by atoms with E-state index < -0.39 is 0 Å². The summed E-state index contributed by atoms with van der Waals surface area (Å²) in [4.78, 5) is 0. The van der Waals surface area contributed by atoms with E-state index in [2.05, 4.69) is 0 Å². The zero-order valence-corrected chi connectivity index (χ0v) is 14.0. The Morgan fingerprint density at radius 3 is 2.42 bits per heavy atom. The summed E-state index contributed by atoms with van der Waals surface area (Å²) in [5.41, 5.74) is 3.17. The lowest BCUT2D eigenvalue weighted by atomic mass is 9.60. The van der Waals surface area contributed by atoms with Crippen molar-refractivity contribution < 1.29 is 24.1 Å². The molecule has 126 valence electrons. The quantitative estimate of drug-likeness (QED) is 0.939. The van der Waals surface area contributed by atoms with Crippen molar-refractivity contribution in [2.45, 2.75) is 18.3 Å². The Hall–Kier alpha value is -2.56. The normalized spacial score (nSPS) is 20.5. The first-order valence-electron chi connectivity index (χ1n) is 7.88. The Labute approximate surface area is 140 Å². The van der Waals surface area contributed by atoms with E-state index in [0.29, 0.717) is 18.1 Å². The average Bonchev–Trinajstić information content (AvgIpc) is 2.60. The molecule has 1 atom stereocenters. The van der Waals surface area contributed by atoms with Gasteiger partial charge < -0.3 is 24.1 Å². The van der Waals surface area contributed by atoms with Crippen LogP contribution in [0.2, 0.25) is 0 Å². The number of hydrogen-bond donors (Lipinski definition) is 1. The molecule has 0 saturated carbocycles. The Bertz CT molecular complexity index is 814. The van der Waals surface area contributed by atoms with Crippen LogP contribution in [-0.4, -0.2) is 33.0 Å². The van der Waals surface area contributed by atoms with Crippen LogP contribution in [0.4, 0.5) is 0 Å². The Morgan fingerprint density at radius 1 is 0.958 bits per heavy atom. The Kier molecular flexibility index (Phi) is 3.27. The highest BCUT2D eigenvalue weighted by molar-refractivity contribution is 5.60. The topological polar surface area (TPSA) is 57.2 Å². The van der Waals surface area contributed by atoms with E-state index in [-0.39, 0.29) is 11.2 Å². The number of phenolic OH excluding ortho intramolecular Hbond substituents is 1. The highest BCUT2D eigenvalue weighted by Gasteiger charge is 2.47. The summed E-state index contributed by atoms with van der Waals surface area (Å²) in [7, 11) is 4.86. The highest BCUT2D eigenvalue weighted by atomic mass is 16.5. The molecule has 1 unspecified atom stereocenters. The molecule has 1 aliphatic carbocycles. The largest absolute Gasteiger partial charge is 0.507 e. The first-order chi connectivity index (χ1) is 11.6. The van der Waals surface area contributed by atoms with Crippen LogP contribution in [-0.2, 0) is 18.3 Å². The fourth-order valence-corrected chi connectivity index (χ4v) is 3.84. The third-order valence-corrected chi connectivity index (χ3v) is 5.12. The molecular formula is C19H20O5. The van der Waals surface area contributed by atoms with Crippen LogP contribution in [0.1, 0.15) is 16.7 Å². The molecule has 24 heavy (non-hydrogen) atoms. The Balaban J connectivity index is 1.73. The SMILES string of the molecule is COc1cc(O)c2c(c1)OCC1(Cc3cc(OC)c(OC)cc31)C2. The van der Waals surface area contributed by atoms with Crippen LogP contribution in [0.3, 0.4) is 0 Å². The molecule has 2 aliphatic rings. The monoisotopic (exact) mass is 328 g/mol. The molecule has 5 nitrogen and oxygen atoms in total. The van der Waals surface area contributed by atoms with Crippen molar-refractivity contribution in [3.05, 3.63) is 41.0 Å². The van der Waals surface area contributed by atoms with Gasteiger partial charge in [-0.25, -0.2) is 0 Å². The lowest BCUT2D eigenvalue weighted by Crippen LogP contribution is -2.48. The number of ether oxygens (including phenoxy) is 4. The molecule has 0 fully saturated rings. The fourth-order valence-electron chi connectivity index (χ4n) is 3.84. The van der Waals surface area contributed by atoms with Crippen molar-refractivity contribution in [3.63, 3.8) is 0 Å². The average molecular weight is 328 g/mol. The second kappa shape index (κ2) is 5.23. The van der Waals surface area contributed by atoms with Crippen molar-refractivity contribution in [1.29, 1.82) is 0 Å². The summed E-state index contributed by atoms with van der Waals surface area (Å²) < 4.78 is 22.0. The maximum atomic E-state index is 10.3. The minimum atomic E-state index is -0.117. The van der Waals surface area contributed by atoms with Crippen LogP contribution in [0.25, 0.3) is 0 Å². The molecule has 1 aliphatic heterocycles. The minimum absolute atomic E-state index is 0.117. The maximum Gasteiger partial charge on any atom is 0.161 e. The summed E-state index contributed by atoms with van der Waals surface area (Å²) >= 11 is 0. The predicted molar refractivity (Wildman–Crippen MR) is 88.8 cm³/mol. The minimum Gasteiger partial charge on any atom is -0.507 e. The van der Waals surface area contributed by atoms with Crippen LogP contribution in [0, 0.1) is 0 Å². The smallest absolute Gasteiger partial charge is 0.161 e. The van der Waals surface area contributed by atoms with E-state index in [4.69, 9.17) is 18.9 Å². The summed E-state index contributed by atoms with van der Waals surface area (Å²) in [5, 5.41) is 10.3. The van der Waals surface area contributed by atoms with E-state index >= 15 is 0 Å². The molecular weight excluding hydrogens is 308 g/mol. The molecule has 2 aromatic rings. The van der Waals surface area contributed by atoms with E-state index in [1.54, 1.807) is 27.4 Å². The summed E-state index contributed by atoms with van der Waals surface area (Å²) in [6.45, 7) is 0.578. The van der Waals surface area contributed by atoms with Gasteiger partial charge in [-0.3, -0.25) is 0 Å². The number of aromatic hydroxyl groups is 1. The zero-order chi connectivity index (χ0) is 16.9. The summed E-state index contributed by atoms with van der Waals surface area (Å²) in [6, 6.07) is 7.53. The Morgan fingerprint density at radius 2 is 1.71 bits per heavy atom. The number of methoxy groups -OCH3 is 3. The van der Waals surface area contributed by atoms with E-state index in [9.17, 15) is 5.11 Å². The van der Waals surface area contributed by atoms with Crippen LogP contribution in [0.15, 0.2) is 24.3 Å². The van der Waals surface area contributed by atoms with E-state index in [1.165, 1.54) is 11.1 Å². The van der Waals surface area contributed by atoms with Gasteiger partial charge in [0.25, 0.3) is 0 Å². The number of hydrogen-bond acceptors (Lipinski definition) is 5. The highest BCUT2D eigenvalue weighted by Crippen LogP contribution is 2.52. The first-order valence-corrected chi connectivity index (χ1v) is 7.88. The van der Waals surface area contributed by atoms with Crippen molar-refractivity contribution in [3.8, 4) is 28.7 Å². The molecule has 0 saturated heterocycles. The number of fused-ring (bicyclic) bond motifs is 3. The number of phenols is 1. The lowest BCUT2D eigenvalue weighted by Gasteiger charge is -2.47. The molecule has 2 aromatic carbocycles. The molecule has 0 bridgehead atoms. The van der Waals surface area contributed by atoms with Crippen molar-refractivity contribution >= 4 is 0 Å². The molecule has 0 amide bonds. The molecule has 1 spiro atoms. The molecule has 5 heteroatoms. The van der Waals surface area contributed by atoms with Gasteiger partial charge in [0, 0.05) is 23.1 Å². The fraction of sp³-hybridized carbons (Fsp3) is 0.368. The van der Waals surface area contributed by atoms with E-state index in [1.807, 2.05) is 18.2 Å². The second-order valence-corrected chi connectivity index (χ2v) is 6.41. The van der Waals surface area contributed by atoms with Crippen LogP contribution >= 0.6 is 0 Å². The van der Waals surface area contributed by atoms with Gasteiger partial charge in [-0.15, -0.1) is 0 Å². The number of benzene rings is 2. The summed E-state index contributed by atoms with van der Waals surface area (Å²) in [5.74, 6) is 2.99. The van der Waals surface area contributed by atoms with Gasteiger partial charge in [-0.1, -0.05) is 0 Å². The number of rotatable bonds is 3. The third-order valence-electron chi connectivity index (χ3n) is 5.12. The van der Waals surface area contributed by atoms with Gasteiger partial charge in [-0.05, 0) is 36.1 Å². The van der Waals surface area contributed by atoms with Gasteiger partial charge in [-0.2, -0.15) is 0 Å². The lowest BCUT2D eigenvalue weighted by molar-refractivity contribution is 0.162. The molecule has 0 radical (unpaired) electrons. The van der Waals surface area contributed by atoms with Crippen LogP contribution in [0.5, 0.6) is 28.7 Å². The first kappa shape index (κ1) is 15.0. The van der Waals surface area contributed by atoms with Gasteiger partial charge in [0.2, 0.25) is 0 Å². The summed E-state index contributed by atoms with van der Waals surface area (Å²) in [6.07, 6.45) is 1.63. The van der Waals surface area contributed by atoms with Gasteiger partial charge in [0.05, 0.1) is 27.9 Å². The molecule has 0 aromatic heterocycles. The predicted octanol–water partition coefficient (Wildman–Crippen LogP) is 2.85. The zero-order valence-electron chi connectivity index (χ0n) is 14.0. The van der Waals surface area contributed by atoms with E-state index in [0.717, 1.165) is 29.9 Å². The van der Waals surface area contributed by atoms with Crippen LogP contribution < -0.4 is 18.9 Å². The van der Waals surface area contributed by atoms with Crippen molar-refractivity contribution in [2.75, 3.05) is 27.9 Å². The maximum absolute atomic E-state index is 10.3.